The molecule has 1 aromatic carbocycles. The number of halogens is 2. The minimum atomic E-state index is -0.747. The van der Waals surface area contributed by atoms with E-state index >= 15 is 0 Å². The van der Waals surface area contributed by atoms with Crippen molar-refractivity contribution in [2.45, 2.75) is 26.2 Å². The summed E-state index contributed by atoms with van der Waals surface area (Å²) in [5.74, 6) is -1.49. The molecule has 0 heterocycles. The second-order valence-corrected chi connectivity index (χ2v) is 4.17. The molecule has 0 saturated heterocycles. The summed E-state index contributed by atoms with van der Waals surface area (Å²) in [5.41, 5.74) is -0.212. The molecule has 1 rings (SSSR count). The Morgan fingerprint density at radius 1 is 1.21 bits per heavy atom. The minimum absolute atomic E-state index is 0.0246. The molecule has 0 aliphatic heterocycles. The SMILES string of the molecule is CCCCOCCCNc1c(F)cc(C#N)cc1F. The van der Waals surface area contributed by atoms with Crippen molar-refractivity contribution in [3.63, 3.8) is 0 Å². The van der Waals surface area contributed by atoms with Gasteiger partial charge in [-0.2, -0.15) is 5.26 Å². The summed E-state index contributed by atoms with van der Waals surface area (Å²) in [7, 11) is 0. The monoisotopic (exact) mass is 268 g/mol. The van der Waals surface area contributed by atoms with Crippen LogP contribution in [0.15, 0.2) is 12.1 Å². The van der Waals surface area contributed by atoms with Gasteiger partial charge in [0.05, 0.1) is 11.6 Å². The quantitative estimate of drug-likeness (QED) is 0.734. The molecule has 19 heavy (non-hydrogen) atoms. The molecule has 5 heteroatoms. The number of nitrogens with one attached hydrogen (secondary N) is 1. The molecule has 0 saturated carbocycles. The second kappa shape index (κ2) is 8.44. The molecular formula is C14H18F2N2O. The van der Waals surface area contributed by atoms with Gasteiger partial charge in [-0.3, -0.25) is 0 Å². The van der Waals surface area contributed by atoms with Gasteiger partial charge in [0.25, 0.3) is 0 Å². The molecule has 0 amide bonds. The van der Waals surface area contributed by atoms with Gasteiger partial charge in [-0.15, -0.1) is 0 Å². The number of hydrogen-bond donors (Lipinski definition) is 1. The Bertz CT molecular complexity index is 421. The van der Waals surface area contributed by atoms with Crippen molar-refractivity contribution in [3.8, 4) is 6.07 Å². The smallest absolute Gasteiger partial charge is 0.150 e. The highest BCUT2D eigenvalue weighted by Gasteiger charge is 2.10. The molecule has 1 aromatic rings. The van der Waals surface area contributed by atoms with Crippen LogP contribution in [0.1, 0.15) is 31.7 Å². The van der Waals surface area contributed by atoms with Gasteiger partial charge in [0.15, 0.2) is 11.6 Å². The highest BCUT2D eigenvalue weighted by atomic mass is 19.1. The first kappa shape index (κ1) is 15.4. The largest absolute Gasteiger partial charge is 0.381 e. The molecule has 0 unspecified atom stereocenters. The normalized spacial score (nSPS) is 10.2. The number of ether oxygens (including phenoxy) is 1. The van der Waals surface area contributed by atoms with Crippen molar-refractivity contribution in [2.75, 3.05) is 25.1 Å². The third-order valence-electron chi connectivity index (χ3n) is 2.58. The van der Waals surface area contributed by atoms with Gasteiger partial charge in [0.1, 0.15) is 5.69 Å². The van der Waals surface area contributed by atoms with Crippen LogP contribution in [0.3, 0.4) is 0 Å². The highest BCUT2D eigenvalue weighted by molar-refractivity contribution is 5.50. The third kappa shape index (κ3) is 5.23. The number of hydrogen-bond acceptors (Lipinski definition) is 3. The van der Waals surface area contributed by atoms with E-state index in [0.29, 0.717) is 19.6 Å². The maximum atomic E-state index is 13.5. The molecule has 1 N–H and O–H groups in total. The van der Waals surface area contributed by atoms with Crippen molar-refractivity contribution in [3.05, 3.63) is 29.3 Å². The fourth-order valence-corrected chi connectivity index (χ4v) is 1.54. The number of rotatable bonds is 8. The summed E-state index contributed by atoms with van der Waals surface area (Å²) in [6.45, 7) is 3.79. The third-order valence-corrected chi connectivity index (χ3v) is 2.58. The lowest BCUT2D eigenvalue weighted by atomic mass is 10.2. The van der Waals surface area contributed by atoms with Gasteiger partial charge in [-0.25, -0.2) is 8.78 Å². The molecule has 0 atom stereocenters. The predicted molar refractivity (Wildman–Crippen MR) is 69.9 cm³/mol. The lowest BCUT2D eigenvalue weighted by Gasteiger charge is -2.09. The summed E-state index contributed by atoms with van der Waals surface area (Å²) in [5, 5.41) is 11.3. The van der Waals surface area contributed by atoms with E-state index in [-0.39, 0.29) is 11.3 Å². The molecule has 3 nitrogen and oxygen atoms in total. The number of nitrogens with zero attached hydrogens (tertiary/aromatic N) is 1. The van der Waals surface area contributed by atoms with Crippen molar-refractivity contribution in [1.29, 1.82) is 5.26 Å². The van der Waals surface area contributed by atoms with Crippen LogP contribution in [-0.4, -0.2) is 19.8 Å². The first-order chi connectivity index (χ1) is 9.19. The average Bonchev–Trinajstić information content (AvgIpc) is 2.40. The zero-order valence-corrected chi connectivity index (χ0v) is 11.0. The Morgan fingerprint density at radius 3 is 2.42 bits per heavy atom. The highest BCUT2D eigenvalue weighted by Crippen LogP contribution is 2.20. The zero-order valence-electron chi connectivity index (χ0n) is 11.0. The van der Waals surface area contributed by atoms with E-state index in [9.17, 15) is 8.78 Å². The van der Waals surface area contributed by atoms with E-state index in [2.05, 4.69) is 12.2 Å². The maximum absolute atomic E-state index is 13.5. The maximum Gasteiger partial charge on any atom is 0.150 e. The lowest BCUT2D eigenvalue weighted by molar-refractivity contribution is 0.131. The molecule has 0 fully saturated rings. The average molecular weight is 268 g/mol. The van der Waals surface area contributed by atoms with Crippen LogP contribution < -0.4 is 5.32 Å². The number of benzene rings is 1. The molecule has 0 radical (unpaired) electrons. The molecule has 104 valence electrons. The van der Waals surface area contributed by atoms with Gasteiger partial charge >= 0.3 is 0 Å². The van der Waals surface area contributed by atoms with Crippen molar-refractivity contribution in [2.24, 2.45) is 0 Å². The van der Waals surface area contributed by atoms with Crippen molar-refractivity contribution in [1.82, 2.24) is 0 Å². The number of nitriles is 1. The Hall–Kier alpha value is -1.67. The van der Waals surface area contributed by atoms with Gasteiger partial charge in [0, 0.05) is 19.8 Å². The van der Waals surface area contributed by atoms with E-state index in [4.69, 9.17) is 10.00 Å². The fourth-order valence-electron chi connectivity index (χ4n) is 1.54. The van der Waals surface area contributed by atoms with Crippen LogP contribution in [0.2, 0.25) is 0 Å². The molecule has 0 aromatic heterocycles. The first-order valence-corrected chi connectivity index (χ1v) is 6.39. The molecular weight excluding hydrogens is 250 g/mol. The van der Waals surface area contributed by atoms with Gasteiger partial charge in [-0.05, 0) is 25.0 Å². The summed E-state index contributed by atoms with van der Waals surface area (Å²) < 4.78 is 32.3. The van der Waals surface area contributed by atoms with Crippen LogP contribution in [-0.2, 0) is 4.74 Å². The van der Waals surface area contributed by atoms with Gasteiger partial charge in [0.2, 0.25) is 0 Å². The minimum Gasteiger partial charge on any atom is -0.381 e. The van der Waals surface area contributed by atoms with Crippen LogP contribution in [0.25, 0.3) is 0 Å². The summed E-state index contributed by atoms with van der Waals surface area (Å²) >= 11 is 0. The zero-order chi connectivity index (χ0) is 14.1. The van der Waals surface area contributed by atoms with E-state index in [1.54, 1.807) is 6.07 Å². The van der Waals surface area contributed by atoms with Crippen LogP contribution in [0, 0.1) is 23.0 Å². The van der Waals surface area contributed by atoms with E-state index < -0.39 is 11.6 Å². The van der Waals surface area contributed by atoms with Crippen molar-refractivity contribution < 1.29 is 13.5 Å². The standard InChI is InChI=1S/C14H18F2N2O/c1-2-3-6-19-7-4-5-18-14-12(15)8-11(10-17)9-13(14)16/h8-9,18H,2-7H2,1H3. The fraction of sp³-hybridized carbons (Fsp3) is 0.500. The first-order valence-electron chi connectivity index (χ1n) is 6.39. The van der Waals surface area contributed by atoms with Gasteiger partial charge < -0.3 is 10.1 Å². The second-order valence-electron chi connectivity index (χ2n) is 4.17. The number of unbranched alkanes of at least 4 members (excludes halogenated alkanes) is 1. The van der Waals surface area contributed by atoms with E-state index in [1.807, 2.05) is 0 Å². The Morgan fingerprint density at radius 2 is 1.84 bits per heavy atom. The Balaban J connectivity index is 2.36. The van der Waals surface area contributed by atoms with Crippen LogP contribution in [0.5, 0.6) is 0 Å². The number of anilines is 1. The van der Waals surface area contributed by atoms with Gasteiger partial charge in [-0.1, -0.05) is 13.3 Å². The molecule has 0 aliphatic rings. The topological polar surface area (TPSA) is 45.0 Å². The van der Waals surface area contributed by atoms with E-state index in [1.165, 1.54) is 0 Å². The van der Waals surface area contributed by atoms with E-state index in [0.717, 1.165) is 31.6 Å². The summed E-state index contributed by atoms with van der Waals surface area (Å²) in [6.07, 6.45) is 2.77. The van der Waals surface area contributed by atoms with Crippen molar-refractivity contribution >= 4 is 5.69 Å². The molecule has 0 aliphatic carbocycles. The lowest BCUT2D eigenvalue weighted by Crippen LogP contribution is -2.09. The predicted octanol–water partition coefficient (Wildman–Crippen LogP) is 3.46. The van der Waals surface area contributed by atoms with Crippen LogP contribution in [0.4, 0.5) is 14.5 Å². The van der Waals surface area contributed by atoms with Crippen LogP contribution >= 0.6 is 0 Å². The molecule has 0 spiro atoms. The summed E-state index contributed by atoms with van der Waals surface area (Å²) in [4.78, 5) is 0. The molecule has 0 bridgehead atoms. The summed E-state index contributed by atoms with van der Waals surface area (Å²) in [6, 6.07) is 3.74. The Labute approximate surface area is 112 Å². The Kier molecular flexibility index (Phi) is 6.83.